The number of furan rings is 1. The number of fused-ring (bicyclic) bond motifs is 2. The summed E-state index contributed by atoms with van der Waals surface area (Å²) >= 11 is 0. The second-order valence-corrected chi connectivity index (χ2v) is 7.71. The molecule has 4 aromatic rings. The van der Waals surface area contributed by atoms with E-state index in [1.807, 2.05) is 18.2 Å². The van der Waals surface area contributed by atoms with Gasteiger partial charge in [-0.05, 0) is 31.0 Å². The highest BCUT2D eigenvalue weighted by atomic mass is 19.4. The largest absolute Gasteiger partial charge is 0.451 e. The van der Waals surface area contributed by atoms with Crippen molar-refractivity contribution in [3.05, 3.63) is 65.3 Å². The van der Waals surface area contributed by atoms with Crippen LogP contribution in [0.2, 0.25) is 0 Å². The van der Waals surface area contributed by atoms with Crippen molar-refractivity contribution in [2.45, 2.75) is 31.9 Å². The lowest BCUT2D eigenvalue weighted by Crippen LogP contribution is -2.28. The van der Waals surface area contributed by atoms with Crippen LogP contribution in [-0.4, -0.2) is 38.5 Å². The summed E-state index contributed by atoms with van der Waals surface area (Å²) in [4.78, 5) is 18.8. The highest BCUT2D eigenvalue weighted by Gasteiger charge is 2.36. The van der Waals surface area contributed by atoms with Gasteiger partial charge >= 0.3 is 6.18 Å². The van der Waals surface area contributed by atoms with Crippen LogP contribution < -0.4 is 0 Å². The van der Waals surface area contributed by atoms with Crippen molar-refractivity contribution < 1.29 is 22.4 Å². The minimum atomic E-state index is -4.53. The summed E-state index contributed by atoms with van der Waals surface area (Å²) in [6.07, 6.45) is -3.53. The van der Waals surface area contributed by atoms with Gasteiger partial charge in [0.05, 0.1) is 5.69 Å². The first-order chi connectivity index (χ1) is 14.8. The number of nitrogens with zero attached hydrogens (tertiary/aromatic N) is 4. The van der Waals surface area contributed by atoms with E-state index in [0.717, 1.165) is 16.0 Å². The van der Waals surface area contributed by atoms with Crippen LogP contribution in [-0.2, 0) is 12.6 Å². The molecule has 1 aliphatic rings. The average molecular weight is 428 g/mol. The quantitative estimate of drug-likeness (QED) is 0.475. The number of alkyl halides is 3. The van der Waals surface area contributed by atoms with Gasteiger partial charge in [0, 0.05) is 36.2 Å². The Morgan fingerprint density at radius 1 is 1.23 bits per heavy atom. The second kappa shape index (κ2) is 7.11. The van der Waals surface area contributed by atoms with Gasteiger partial charge in [0.1, 0.15) is 11.3 Å². The Morgan fingerprint density at radius 2 is 2.03 bits per heavy atom. The van der Waals surface area contributed by atoms with Crippen LogP contribution in [0.5, 0.6) is 0 Å². The van der Waals surface area contributed by atoms with Gasteiger partial charge in [-0.1, -0.05) is 25.1 Å². The molecule has 1 saturated heterocycles. The van der Waals surface area contributed by atoms with Gasteiger partial charge in [0.2, 0.25) is 0 Å². The Labute approximate surface area is 175 Å². The molecule has 0 N–H and O–H groups in total. The lowest BCUT2D eigenvalue weighted by Gasteiger charge is -2.14. The number of hydrogen-bond acceptors (Lipinski definition) is 4. The van der Waals surface area contributed by atoms with Crippen molar-refractivity contribution in [3.8, 4) is 0 Å². The predicted octanol–water partition coefficient (Wildman–Crippen LogP) is 4.69. The second-order valence-electron chi connectivity index (χ2n) is 7.71. The Bertz CT molecular complexity index is 1260. The average Bonchev–Trinajstić information content (AvgIpc) is 3.48. The lowest BCUT2D eigenvalue weighted by atomic mass is 10.1. The van der Waals surface area contributed by atoms with Crippen LogP contribution in [0.3, 0.4) is 0 Å². The lowest BCUT2D eigenvalue weighted by molar-refractivity contribution is -0.142. The number of rotatable bonds is 3. The minimum Gasteiger partial charge on any atom is -0.451 e. The smallest absolute Gasteiger partial charge is 0.433 e. The molecule has 6 nitrogen and oxygen atoms in total. The summed E-state index contributed by atoms with van der Waals surface area (Å²) in [6, 6.07) is 11.7. The Balaban J connectivity index is 1.42. The number of likely N-dealkylation sites (tertiary alicyclic amines) is 1. The van der Waals surface area contributed by atoms with Gasteiger partial charge in [0.15, 0.2) is 11.4 Å². The SMILES string of the molecule is CCc1cc(C(F)(F)F)n2nc(C3CCN(C(=O)c4cc5ccccc5o4)C3)cc2n1. The third-order valence-corrected chi connectivity index (χ3v) is 5.68. The molecule has 31 heavy (non-hydrogen) atoms. The third-order valence-electron chi connectivity index (χ3n) is 5.68. The fraction of sp³-hybridized carbons (Fsp3) is 0.318. The van der Waals surface area contributed by atoms with E-state index in [1.165, 1.54) is 0 Å². The number of carbonyl (C=O) groups is 1. The maximum absolute atomic E-state index is 13.5. The van der Waals surface area contributed by atoms with Gasteiger partial charge in [0.25, 0.3) is 5.91 Å². The van der Waals surface area contributed by atoms with E-state index in [4.69, 9.17) is 4.42 Å². The van der Waals surface area contributed by atoms with E-state index in [9.17, 15) is 18.0 Å². The maximum atomic E-state index is 13.5. The first-order valence-corrected chi connectivity index (χ1v) is 10.1. The van der Waals surface area contributed by atoms with Crippen LogP contribution in [0.15, 0.2) is 46.9 Å². The summed E-state index contributed by atoms with van der Waals surface area (Å²) in [7, 11) is 0. The van der Waals surface area contributed by atoms with Crippen LogP contribution >= 0.6 is 0 Å². The van der Waals surface area contributed by atoms with Crippen molar-refractivity contribution in [2.75, 3.05) is 13.1 Å². The monoisotopic (exact) mass is 428 g/mol. The van der Waals surface area contributed by atoms with Gasteiger partial charge < -0.3 is 9.32 Å². The summed E-state index contributed by atoms with van der Waals surface area (Å²) in [5, 5.41) is 5.06. The molecule has 0 spiro atoms. The Morgan fingerprint density at radius 3 is 2.77 bits per heavy atom. The van der Waals surface area contributed by atoms with Crippen LogP contribution in [0.4, 0.5) is 13.2 Å². The zero-order chi connectivity index (χ0) is 21.8. The van der Waals surface area contributed by atoms with E-state index in [-0.39, 0.29) is 23.2 Å². The normalized spacial score (nSPS) is 17.2. The molecule has 0 aliphatic carbocycles. The number of carbonyl (C=O) groups excluding carboxylic acids is 1. The molecule has 1 aromatic carbocycles. The molecule has 9 heteroatoms. The molecule has 0 saturated carbocycles. The van der Waals surface area contributed by atoms with E-state index in [2.05, 4.69) is 10.1 Å². The van der Waals surface area contributed by atoms with Gasteiger partial charge in [-0.15, -0.1) is 0 Å². The summed E-state index contributed by atoms with van der Waals surface area (Å²) in [6.45, 7) is 2.60. The number of halogens is 3. The molecule has 0 radical (unpaired) electrons. The molecular weight excluding hydrogens is 409 g/mol. The summed E-state index contributed by atoms with van der Waals surface area (Å²) in [5.74, 6) is -0.142. The number of aromatic nitrogens is 3. The van der Waals surface area contributed by atoms with Crippen LogP contribution in [0.1, 0.15) is 46.9 Å². The zero-order valence-electron chi connectivity index (χ0n) is 16.7. The molecule has 160 valence electrons. The molecule has 4 heterocycles. The molecule has 1 unspecified atom stereocenters. The molecule has 3 aromatic heterocycles. The highest BCUT2D eigenvalue weighted by Crippen LogP contribution is 2.33. The summed E-state index contributed by atoms with van der Waals surface area (Å²) in [5.41, 5.74) is 0.836. The number of aryl methyl sites for hydroxylation is 1. The third kappa shape index (κ3) is 3.43. The Kier molecular flexibility index (Phi) is 4.49. The molecule has 0 bridgehead atoms. The van der Waals surface area contributed by atoms with Crippen LogP contribution in [0, 0.1) is 0 Å². The van der Waals surface area contributed by atoms with Crippen molar-refractivity contribution in [3.63, 3.8) is 0 Å². The fourth-order valence-corrected chi connectivity index (χ4v) is 4.06. The molecule has 5 rings (SSSR count). The zero-order valence-corrected chi connectivity index (χ0v) is 16.7. The minimum absolute atomic E-state index is 0.166. The van der Waals surface area contributed by atoms with E-state index in [0.29, 0.717) is 42.9 Å². The van der Waals surface area contributed by atoms with Gasteiger partial charge in [-0.2, -0.15) is 18.3 Å². The fourth-order valence-electron chi connectivity index (χ4n) is 4.06. The number of benzene rings is 1. The van der Waals surface area contributed by atoms with Gasteiger partial charge in [-0.25, -0.2) is 9.50 Å². The van der Waals surface area contributed by atoms with E-state index < -0.39 is 11.9 Å². The van der Waals surface area contributed by atoms with Crippen molar-refractivity contribution in [1.82, 2.24) is 19.5 Å². The van der Waals surface area contributed by atoms with Crippen molar-refractivity contribution in [1.29, 1.82) is 0 Å². The number of amides is 1. The first-order valence-electron chi connectivity index (χ1n) is 10.1. The number of para-hydroxylation sites is 1. The predicted molar refractivity (Wildman–Crippen MR) is 107 cm³/mol. The van der Waals surface area contributed by atoms with E-state index >= 15 is 0 Å². The first kappa shape index (κ1) is 19.6. The topological polar surface area (TPSA) is 63.6 Å². The molecule has 1 fully saturated rings. The van der Waals surface area contributed by atoms with Gasteiger partial charge in [-0.3, -0.25) is 4.79 Å². The molecule has 1 atom stereocenters. The number of hydrogen-bond donors (Lipinski definition) is 0. The summed E-state index contributed by atoms with van der Waals surface area (Å²) < 4.78 is 47.1. The maximum Gasteiger partial charge on any atom is 0.433 e. The van der Waals surface area contributed by atoms with Crippen LogP contribution in [0.25, 0.3) is 16.6 Å². The van der Waals surface area contributed by atoms with Crippen molar-refractivity contribution >= 4 is 22.5 Å². The standard InChI is InChI=1S/C22H19F3N4O2/c1-2-15-10-19(22(23,24)25)29-20(26-15)11-16(27-29)14-7-8-28(12-14)21(30)18-9-13-5-3-4-6-17(13)31-18/h3-6,9-11,14H,2,7-8,12H2,1H3. The molecular formula is C22H19F3N4O2. The Hall–Kier alpha value is -3.36. The van der Waals surface area contributed by atoms with E-state index in [1.54, 1.807) is 30.0 Å². The highest BCUT2D eigenvalue weighted by molar-refractivity contribution is 5.96. The van der Waals surface area contributed by atoms with Crippen molar-refractivity contribution in [2.24, 2.45) is 0 Å². The molecule has 1 amide bonds. The molecule has 1 aliphatic heterocycles.